The van der Waals surface area contributed by atoms with Gasteiger partial charge in [-0.05, 0) is 19.9 Å². The fourth-order valence-electron chi connectivity index (χ4n) is 0.485. The zero-order valence-electron chi connectivity index (χ0n) is 6.51. The van der Waals surface area contributed by atoms with Gasteiger partial charge in [0.25, 0.3) is 0 Å². The number of nitroso groups, excluding NO2 is 1. The van der Waals surface area contributed by atoms with Crippen molar-refractivity contribution in [3.63, 3.8) is 0 Å². The van der Waals surface area contributed by atoms with Gasteiger partial charge in [0, 0.05) is 0 Å². The van der Waals surface area contributed by atoms with Gasteiger partial charge in [-0.3, -0.25) is 0 Å². The lowest BCUT2D eigenvalue weighted by atomic mass is 10.2. The molecule has 0 aromatic heterocycles. The van der Waals surface area contributed by atoms with E-state index in [1.165, 1.54) is 13.8 Å². The molecule has 0 rings (SSSR count). The van der Waals surface area contributed by atoms with Gasteiger partial charge in [-0.15, -0.1) is 10.0 Å². The van der Waals surface area contributed by atoms with Crippen molar-refractivity contribution < 1.29 is 13.2 Å². The third-order valence-corrected chi connectivity index (χ3v) is 0.864. The fraction of sp³-hybridized carbons (Fsp3) is 0.500. The normalized spacial score (nSPS) is 12.6. The van der Waals surface area contributed by atoms with Gasteiger partial charge in [0.05, 0.1) is 5.29 Å². The highest BCUT2D eigenvalue weighted by Gasteiger charge is 2.34. The van der Waals surface area contributed by atoms with Crippen molar-refractivity contribution in [1.82, 2.24) is 0 Å². The van der Waals surface area contributed by atoms with Gasteiger partial charge in [-0.1, -0.05) is 5.57 Å². The summed E-state index contributed by atoms with van der Waals surface area (Å²) in [5.74, 6) is 0. The molecule has 0 bridgehead atoms. The monoisotopic (exact) mass is 180 g/mol. The van der Waals surface area contributed by atoms with Crippen LogP contribution in [0, 0.1) is 4.91 Å². The van der Waals surface area contributed by atoms with E-state index in [0.29, 0.717) is 5.57 Å². The summed E-state index contributed by atoms with van der Waals surface area (Å²) in [6.07, 6.45) is -3.87. The summed E-state index contributed by atoms with van der Waals surface area (Å²) in [5.41, 5.74) is -0.882. The largest absolute Gasteiger partial charge is 0.435 e. The average Bonchev–Trinajstić information content (AvgIpc) is 1.83. The van der Waals surface area contributed by atoms with Crippen molar-refractivity contribution in [2.24, 2.45) is 10.4 Å². The van der Waals surface area contributed by atoms with Gasteiger partial charge in [0.2, 0.25) is 0 Å². The molecule has 68 valence electrons. The third-order valence-electron chi connectivity index (χ3n) is 0.864. The minimum Gasteiger partial charge on any atom is -0.164 e. The molecule has 0 N–H and O–H groups in total. The Kier molecular flexibility index (Phi) is 3.59. The number of allylic oxidation sites excluding steroid dienone is 2. The van der Waals surface area contributed by atoms with Crippen LogP contribution in [0.4, 0.5) is 13.2 Å². The molecule has 0 aliphatic carbocycles. The van der Waals surface area contributed by atoms with Crippen molar-refractivity contribution in [2.75, 3.05) is 0 Å². The molecule has 6 heteroatoms. The first-order chi connectivity index (χ1) is 5.38. The highest BCUT2D eigenvalue weighted by Crippen LogP contribution is 2.19. The number of alkyl halides is 3. The van der Waals surface area contributed by atoms with E-state index in [1.54, 1.807) is 0 Å². The second-order valence-electron chi connectivity index (χ2n) is 2.29. The van der Waals surface area contributed by atoms with Gasteiger partial charge >= 0.3 is 6.18 Å². The summed E-state index contributed by atoms with van der Waals surface area (Å²) in [7, 11) is 0. The molecule has 3 nitrogen and oxygen atoms in total. The SMILES string of the molecule is CC(C)=C/C(=N\N=O)C(F)(F)F. The predicted octanol–water partition coefficient (Wildman–Crippen LogP) is 2.64. The van der Waals surface area contributed by atoms with E-state index in [2.05, 4.69) is 5.10 Å². The van der Waals surface area contributed by atoms with Crippen LogP contribution in [0.5, 0.6) is 0 Å². The Bertz CT molecular complexity index is 225. The molecule has 0 fully saturated rings. The second kappa shape index (κ2) is 3.99. The molecule has 0 aromatic carbocycles. The van der Waals surface area contributed by atoms with Crippen molar-refractivity contribution in [3.05, 3.63) is 16.6 Å². The standard InChI is InChI=1S/C6H7F3N2O/c1-4(2)3-5(10-11-12)6(7,8)9/h3H,1-2H3/b10-5+. The summed E-state index contributed by atoms with van der Waals surface area (Å²) in [4.78, 5) is 9.48. The quantitative estimate of drug-likeness (QED) is 0.366. The number of halogens is 3. The Morgan fingerprint density at radius 2 is 1.83 bits per heavy atom. The molecule has 0 heterocycles. The van der Waals surface area contributed by atoms with E-state index in [-0.39, 0.29) is 0 Å². The fourth-order valence-corrected chi connectivity index (χ4v) is 0.485. The van der Waals surface area contributed by atoms with Crippen LogP contribution in [0.2, 0.25) is 0 Å². The molecule has 0 saturated heterocycles. The minimum absolute atomic E-state index is 0.398. The number of nitrogens with zero attached hydrogens (tertiary/aromatic N) is 2. The molecular formula is C6H7F3N2O. The zero-order chi connectivity index (χ0) is 9.78. The van der Waals surface area contributed by atoms with Gasteiger partial charge in [-0.2, -0.15) is 13.2 Å². The summed E-state index contributed by atoms with van der Waals surface area (Å²) in [6, 6.07) is 0. The van der Waals surface area contributed by atoms with Crippen LogP contribution in [0.25, 0.3) is 0 Å². The first kappa shape index (κ1) is 10.8. The van der Waals surface area contributed by atoms with E-state index >= 15 is 0 Å². The van der Waals surface area contributed by atoms with E-state index in [1.807, 2.05) is 5.29 Å². The highest BCUT2D eigenvalue weighted by molar-refractivity contribution is 5.99. The number of hydrogen-bond acceptors (Lipinski definition) is 2. The van der Waals surface area contributed by atoms with Crippen molar-refractivity contribution >= 4 is 5.71 Å². The molecule has 12 heavy (non-hydrogen) atoms. The summed E-state index contributed by atoms with van der Waals surface area (Å²) < 4.78 is 35.7. The van der Waals surface area contributed by atoms with Gasteiger partial charge < -0.3 is 0 Å². The average molecular weight is 180 g/mol. The first-order valence-corrected chi connectivity index (χ1v) is 3.00. The van der Waals surface area contributed by atoms with Gasteiger partial charge in [0.15, 0.2) is 5.71 Å². The topological polar surface area (TPSA) is 41.8 Å². The second-order valence-corrected chi connectivity index (χ2v) is 2.29. The predicted molar refractivity (Wildman–Crippen MR) is 38.7 cm³/mol. The van der Waals surface area contributed by atoms with E-state index in [4.69, 9.17) is 0 Å². The maximum absolute atomic E-state index is 11.9. The lowest BCUT2D eigenvalue weighted by Crippen LogP contribution is -2.20. The molecule has 0 atom stereocenters. The molecule has 0 radical (unpaired) electrons. The molecular weight excluding hydrogens is 173 g/mol. The van der Waals surface area contributed by atoms with Crippen LogP contribution in [0.15, 0.2) is 22.0 Å². The van der Waals surface area contributed by atoms with Crippen molar-refractivity contribution in [1.29, 1.82) is 0 Å². The molecule has 0 aliphatic heterocycles. The van der Waals surface area contributed by atoms with Crippen LogP contribution < -0.4 is 0 Å². The van der Waals surface area contributed by atoms with Crippen LogP contribution >= 0.6 is 0 Å². The Balaban J connectivity index is 4.82. The lowest BCUT2D eigenvalue weighted by Gasteiger charge is -2.03. The Hall–Kier alpha value is -1.20. The smallest absolute Gasteiger partial charge is 0.164 e. The van der Waals surface area contributed by atoms with Crippen LogP contribution in [-0.2, 0) is 0 Å². The molecule has 0 unspecified atom stereocenters. The van der Waals surface area contributed by atoms with Gasteiger partial charge in [0.1, 0.15) is 0 Å². The summed E-state index contributed by atoms with van der Waals surface area (Å²) >= 11 is 0. The molecule has 0 saturated carbocycles. The Labute approximate surface area is 66.9 Å². The van der Waals surface area contributed by atoms with Gasteiger partial charge in [-0.25, -0.2) is 0 Å². The minimum atomic E-state index is -4.62. The lowest BCUT2D eigenvalue weighted by molar-refractivity contribution is -0.0579. The number of rotatable bonds is 2. The Morgan fingerprint density at radius 1 is 1.33 bits per heavy atom. The maximum Gasteiger partial charge on any atom is 0.435 e. The molecule has 0 aromatic rings. The molecule has 0 spiro atoms. The summed E-state index contributed by atoms with van der Waals surface area (Å²) in [6.45, 7) is 2.93. The van der Waals surface area contributed by atoms with Crippen molar-refractivity contribution in [2.45, 2.75) is 20.0 Å². The molecule has 0 amide bonds. The molecule has 0 aliphatic rings. The van der Waals surface area contributed by atoms with E-state index in [9.17, 15) is 18.1 Å². The maximum atomic E-state index is 11.9. The van der Waals surface area contributed by atoms with Crippen LogP contribution in [0.1, 0.15) is 13.8 Å². The summed E-state index contributed by atoms with van der Waals surface area (Å²) in [5, 5.41) is 4.25. The highest BCUT2D eigenvalue weighted by atomic mass is 19.4. The Morgan fingerprint density at radius 3 is 2.08 bits per heavy atom. The zero-order valence-corrected chi connectivity index (χ0v) is 6.51. The van der Waals surface area contributed by atoms with Crippen molar-refractivity contribution in [3.8, 4) is 0 Å². The number of hydrogen-bond donors (Lipinski definition) is 0. The van der Waals surface area contributed by atoms with E-state index in [0.717, 1.165) is 6.08 Å². The van der Waals surface area contributed by atoms with E-state index < -0.39 is 11.9 Å². The first-order valence-electron chi connectivity index (χ1n) is 3.00. The van der Waals surface area contributed by atoms with Crippen LogP contribution in [-0.4, -0.2) is 11.9 Å². The van der Waals surface area contributed by atoms with Crippen LogP contribution in [0.3, 0.4) is 0 Å². The third kappa shape index (κ3) is 3.85.